The van der Waals surface area contributed by atoms with Gasteiger partial charge in [-0.3, -0.25) is 5.10 Å². The van der Waals surface area contributed by atoms with Crippen molar-refractivity contribution in [3.8, 4) is 0 Å². The van der Waals surface area contributed by atoms with Crippen molar-refractivity contribution >= 4 is 10.9 Å². The lowest BCUT2D eigenvalue weighted by molar-refractivity contribution is 0.311. The minimum absolute atomic E-state index is 0.431. The van der Waals surface area contributed by atoms with Gasteiger partial charge in [-0.1, -0.05) is 0 Å². The minimum Gasteiger partial charge on any atom is -0.330 e. The smallest absolute Gasteiger partial charge is 0.0653 e. The van der Waals surface area contributed by atoms with Crippen molar-refractivity contribution in [2.75, 3.05) is 13.1 Å². The van der Waals surface area contributed by atoms with Gasteiger partial charge >= 0.3 is 0 Å². The fourth-order valence-electron chi connectivity index (χ4n) is 2.94. The third kappa shape index (κ3) is 2.02. The molecule has 2 atom stereocenters. The first kappa shape index (κ1) is 11.7. The van der Waals surface area contributed by atoms with Gasteiger partial charge in [-0.15, -0.1) is 0 Å². The van der Waals surface area contributed by atoms with Gasteiger partial charge in [0.15, 0.2) is 0 Å². The first-order valence-electron chi connectivity index (χ1n) is 6.65. The van der Waals surface area contributed by atoms with E-state index >= 15 is 0 Å². The van der Waals surface area contributed by atoms with Crippen LogP contribution in [0.5, 0.6) is 0 Å². The second kappa shape index (κ2) is 4.71. The highest BCUT2D eigenvalue weighted by atomic mass is 15.1. The molecular formula is C14H20N4. The van der Waals surface area contributed by atoms with E-state index in [0.29, 0.717) is 12.0 Å². The summed E-state index contributed by atoms with van der Waals surface area (Å²) >= 11 is 0. The van der Waals surface area contributed by atoms with E-state index in [1.807, 2.05) is 6.20 Å². The molecule has 0 aliphatic carbocycles. The molecule has 0 bridgehead atoms. The number of aryl methyl sites for hydroxylation is 1. The molecular weight excluding hydrogens is 224 g/mol. The lowest BCUT2D eigenvalue weighted by Gasteiger charge is -2.30. The van der Waals surface area contributed by atoms with Crippen molar-refractivity contribution in [3.63, 3.8) is 0 Å². The first-order valence-corrected chi connectivity index (χ1v) is 6.65. The maximum absolute atomic E-state index is 5.81. The number of benzene rings is 1. The Kier molecular flexibility index (Phi) is 3.06. The molecule has 1 aromatic heterocycles. The molecule has 1 fully saturated rings. The van der Waals surface area contributed by atoms with Crippen LogP contribution in [0, 0.1) is 12.8 Å². The summed E-state index contributed by atoms with van der Waals surface area (Å²) in [6, 6.07) is 4.87. The Hall–Kier alpha value is -1.39. The minimum atomic E-state index is 0.431. The average molecular weight is 244 g/mol. The number of aromatic amines is 1. The molecule has 2 unspecified atom stereocenters. The molecule has 0 amide bonds. The predicted molar refractivity (Wildman–Crippen MR) is 73.4 cm³/mol. The summed E-state index contributed by atoms with van der Waals surface area (Å²) in [5.41, 5.74) is 9.64. The predicted octanol–water partition coefficient (Wildman–Crippen LogP) is 1.87. The number of nitrogens with one attached hydrogen (secondary N) is 2. The van der Waals surface area contributed by atoms with Gasteiger partial charge in [-0.05, 0) is 62.0 Å². The molecule has 4 heteroatoms. The van der Waals surface area contributed by atoms with Crippen molar-refractivity contribution in [1.82, 2.24) is 15.5 Å². The molecule has 0 saturated carbocycles. The van der Waals surface area contributed by atoms with Gasteiger partial charge in [0.2, 0.25) is 0 Å². The van der Waals surface area contributed by atoms with Crippen LogP contribution in [0.2, 0.25) is 0 Å². The molecule has 1 saturated heterocycles. The van der Waals surface area contributed by atoms with E-state index < -0.39 is 0 Å². The van der Waals surface area contributed by atoms with E-state index in [9.17, 15) is 0 Å². The fraction of sp³-hybridized carbons (Fsp3) is 0.500. The standard InChI is InChI=1S/C14H20N4/c1-9-4-11-8-17-18-13(11)6-12(9)14-5-10(7-15)2-3-16-14/h4,6,8,10,14,16H,2-3,5,7,15H2,1H3,(H,17,18). The first-order chi connectivity index (χ1) is 8.78. The number of hydrogen-bond donors (Lipinski definition) is 3. The maximum Gasteiger partial charge on any atom is 0.0653 e. The number of rotatable bonds is 2. The molecule has 1 aliphatic rings. The topological polar surface area (TPSA) is 66.7 Å². The average Bonchev–Trinajstić information content (AvgIpc) is 2.85. The van der Waals surface area contributed by atoms with Crippen LogP contribution in [-0.4, -0.2) is 23.3 Å². The summed E-state index contributed by atoms with van der Waals surface area (Å²) in [4.78, 5) is 0. The van der Waals surface area contributed by atoms with Gasteiger partial charge < -0.3 is 11.1 Å². The Morgan fingerprint density at radius 2 is 2.33 bits per heavy atom. The molecule has 4 N–H and O–H groups in total. The molecule has 96 valence electrons. The van der Waals surface area contributed by atoms with E-state index in [1.54, 1.807) is 0 Å². The van der Waals surface area contributed by atoms with E-state index in [-0.39, 0.29) is 0 Å². The summed E-state index contributed by atoms with van der Waals surface area (Å²) < 4.78 is 0. The SMILES string of the molecule is Cc1cc2cn[nH]c2cc1C1CC(CN)CCN1. The van der Waals surface area contributed by atoms with E-state index in [2.05, 4.69) is 34.6 Å². The van der Waals surface area contributed by atoms with Gasteiger partial charge in [0.1, 0.15) is 0 Å². The second-order valence-electron chi connectivity index (χ2n) is 5.30. The highest BCUT2D eigenvalue weighted by molar-refractivity contribution is 5.79. The van der Waals surface area contributed by atoms with E-state index in [4.69, 9.17) is 5.73 Å². The number of H-pyrrole nitrogens is 1. The third-order valence-corrected chi connectivity index (χ3v) is 4.05. The Morgan fingerprint density at radius 3 is 3.17 bits per heavy atom. The highest BCUT2D eigenvalue weighted by Gasteiger charge is 2.23. The molecule has 2 aromatic rings. The molecule has 0 radical (unpaired) electrons. The van der Waals surface area contributed by atoms with Crippen molar-refractivity contribution in [3.05, 3.63) is 29.5 Å². The lowest BCUT2D eigenvalue weighted by Crippen LogP contribution is -2.35. The van der Waals surface area contributed by atoms with Crippen LogP contribution in [0.25, 0.3) is 10.9 Å². The summed E-state index contributed by atoms with van der Waals surface area (Å²) in [6.45, 7) is 4.03. The van der Waals surface area contributed by atoms with Crippen LogP contribution in [-0.2, 0) is 0 Å². The number of piperidine rings is 1. The van der Waals surface area contributed by atoms with Crippen molar-refractivity contribution < 1.29 is 0 Å². The maximum atomic E-state index is 5.81. The second-order valence-corrected chi connectivity index (χ2v) is 5.30. The molecule has 4 nitrogen and oxygen atoms in total. The Bertz CT molecular complexity index is 546. The van der Waals surface area contributed by atoms with E-state index in [0.717, 1.165) is 25.0 Å². The van der Waals surface area contributed by atoms with Crippen molar-refractivity contribution in [2.24, 2.45) is 11.7 Å². The van der Waals surface area contributed by atoms with Gasteiger partial charge in [-0.2, -0.15) is 5.10 Å². The van der Waals surface area contributed by atoms with Crippen LogP contribution in [0.15, 0.2) is 18.3 Å². The van der Waals surface area contributed by atoms with Gasteiger partial charge in [0.05, 0.1) is 11.7 Å². The van der Waals surface area contributed by atoms with Crippen molar-refractivity contribution in [2.45, 2.75) is 25.8 Å². The van der Waals surface area contributed by atoms with Crippen molar-refractivity contribution in [1.29, 1.82) is 0 Å². The van der Waals surface area contributed by atoms with E-state index in [1.165, 1.54) is 22.9 Å². The van der Waals surface area contributed by atoms with Gasteiger partial charge in [0, 0.05) is 11.4 Å². The molecule has 0 spiro atoms. The third-order valence-electron chi connectivity index (χ3n) is 4.05. The molecule has 1 aromatic carbocycles. The fourth-order valence-corrected chi connectivity index (χ4v) is 2.94. The number of fused-ring (bicyclic) bond motifs is 1. The van der Waals surface area contributed by atoms with Crippen LogP contribution in [0.1, 0.15) is 30.0 Å². The molecule has 1 aliphatic heterocycles. The summed E-state index contributed by atoms with van der Waals surface area (Å²) in [5.74, 6) is 0.646. The molecule has 2 heterocycles. The number of nitrogens with two attached hydrogens (primary N) is 1. The van der Waals surface area contributed by atoms with Crippen LogP contribution in [0.3, 0.4) is 0 Å². The van der Waals surface area contributed by atoms with Gasteiger partial charge in [-0.25, -0.2) is 0 Å². The molecule has 3 rings (SSSR count). The largest absolute Gasteiger partial charge is 0.330 e. The number of hydrogen-bond acceptors (Lipinski definition) is 3. The highest BCUT2D eigenvalue weighted by Crippen LogP contribution is 2.30. The number of nitrogens with zero attached hydrogens (tertiary/aromatic N) is 1. The summed E-state index contributed by atoms with van der Waals surface area (Å²) in [6.07, 6.45) is 4.21. The zero-order chi connectivity index (χ0) is 12.5. The zero-order valence-corrected chi connectivity index (χ0v) is 10.7. The van der Waals surface area contributed by atoms with Crippen LogP contribution >= 0.6 is 0 Å². The van der Waals surface area contributed by atoms with Crippen LogP contribution in [0.4, 0.5) is 0 Å². The monoisotopic (exact) mass is 244 g/mol. The summed E-state index contributed by atoms with van der Waals surface area (Å²) in [5, 5.41) is 11.9. The Balaban J connectivity index is 1.94. The molecule has 18 heavy (non-hydrogen) atoms. The van der Waals surface area contributed by atoms with Gasteiger partial charge in [0.25, 0.3) is 0 Å². The number of aromatic nitrogens is 2. The quantitative estimate of drug-likeness (QED) is 0.755. The lowest BCUT2D eigenvalue weighted by atomic mass is 9.87. The Morgan fingerprint density at radius 1 is 1.44 bits per heavy atom. The van der Waals surface area contributed by atoms with Crippen LogP contribution < -0.4 is 11.1 Å². The Labute approximate surface area is 107 Å². The normalized spacial score (nSPS) is 24.6. The summed E-state index contributed by atoms with van der Waals surface area (Å²) in [7, 11) is 0. The zero-order valence-electron chi connectivity index (χ0n) is 10.7.